The van der Waals surface area contributed by atoms with Gasteiger partial charge in [-0.25, -0.2) is 4.98 Å². The molecule has 1 atom stereocenters. The molecule has 0 saturated heterocycles. The summed E-state index contributed by atoms with van der Waals surface area (Å²) in [5.74, 6) is 1.83. The molecular weight excluding hydrogens is 336 g/mol. The Labute approximate surface area is 153 Å². The highest BCUT2D eigenvalue weighted by Gasteiger charge is 2.17. The molecule has 1 unspecified atom stereocenters. The summed E-state index contributed by atoms with van der Waals surface area (Å²) in [6, 6.07) is 13.6. The molecule has 0 aliphatic carbocycles. The Hall–Kier alpha value is -2.04. The largest absolute Gasteiger partial charge is 0.489 e. The van der Waals surface area contributed by atoms with E-state index in [1.54, 1.807) is 6.07 Å². The van der Waals surface area contributed by atoms with Crippen molar-refractivity contribution in [1.29, 1.82) is 0 Å². The quantitative estimate of drug-likeness (QED) is 0.702. The van der Waals surface area contributed by atoms with Gasteiger partial charge in [-0.2, -0.15) is 0 Å². The Balaban J connectivity index is 1.76. The van der Waals surface area contributed by atoms with Gasteiger partial charge in [-0.05, 0) is 36.8 Å². The van der Waals surface area contributed by atoms with E-state index in [1.807, 2.05) is 43.3 Å². The molecule has 0 saturated carbocycles. The zero-order chi connectivity index (χ0) is 18.0. The first-order valence-electron chi connectivity index (χ1n) is 8.48. The first-order valence-corrected chi connectivity index (χ1v) is 8.85. The Bertz CT molecular complexity index is 873. The molecule has 0 spiro atoms. The molecule has 3 aromatic rings. The number of hydrogen-bond donors (Lipinski definition) is 1. The summed E-state index contributed by atoms with van der Waals surface area (Å²) in [5, 5.41) is 11.0. The van der Waals surface area contributed by atoms with Crippen LogP contribution < -0.4 is 4.74 Å². The number of rotatable bonds is 6. The molecule has 2 aromatic carbocycles. The molecule has 5 heteroatoms. The average Bonchev–Trinajstić information content (AvgIpc) is 2.95. The van der Waals surface area contributed by atoms with Gasteiger partial charge >= 0.3 is 0 Å². The normalized spacial score (nSPS) is 12.7. The molecule has 132 valence electrons. The smallest absolute Gasteiger partial charge is 0.138 e. The van der Waals surface area contributed by atoms with Crippen molar-refractivity contribution in [3.8, 4) is 5.75 Å². The SMILES string of the molecule is Cc1ccc(Cl)c(OCC(O)Cn2c(C(C)C)nc3ccccc32)c1. The number of nitrogens with zero attached hydrogens (tertiary/aromatic N) is 2. The first-order chi connectivity index (χ1) is 12.0. The molecule has 0 bridgehead atoms. The fourth-order valence-electron chi connectivity index (χ4n) is 2.90. The Morgan fingerprint density at radius 3 is 2.72 bits per heavy atom. The third-order valence-corrected chi connectivity index (χ3v) is 4.42. The number of ether oxygens (including phenoxy) is 1. The second-order valence-corrected chi connectivity index (χ2v) is 7.03. The zero-order valence-corrected chi connectivity index (χ0v) is 15.5. The number of aromatic nitrogens is 2. The van der Waals surface area contributed by atoms with Crippen molar-refractivity contribution in [2.75, 3.05) is 6.61 Å². The molecule has 1 heterocycles. The van der Waals surface area contributed by atoms with E-state index in [2.05, 4.69) is 18.4 Å². The molecule has 0 aliphatic heterocycles. The lowest BCUT2D eigenvalue weighted by atomic mass is 10.2. The third kappa shape index (κ3) is 3.97. The number of aliphatic hydroxyl groups excluding tert-OH is 1. The van der Waals surface area contributed by atoms with Crippen LogP contribution in [0.5, 0.6) is 5.75 Å². The Morgan fingerprint density at radius 1 is 1.20 bits per heavy atom. The van der Waals surface area contributed by atoms with Crippen molar-refractivity contribution in [1.82, 2.24) is 9.55 Å². The van der Waals surface area contributed by atoms with E-state index in [0.717, 1.165) is 22.4 Å². The number of halogens is 1. The summed E-state index contributed by atoms with van der Waals surface area (Å²) in [4.78, 5) is 4.70. The van der Waals surface area contributed by atoms with Crippen molar-refractivity contribution in [2.45, 2.75) is 39.3 Å². The number of aryl methyl sites for hydroxylation is 1. The number of benzene rings is 2. The van der Waals surface area contributed by atoms with Gasteiger partial charge in [0, 0.05) is 5.92 Å². The second kappa shape index (κ2) is 7.46. The highest BCUT2D eigenvalue weighted by atomic mass is 35.5. The van der Waals surface area contributed by atoms with Crippen molar-refractivity contribution < 1.29 is 9.84 Å². The molecular formula is C20H23ClN2O2. The number of fused-ring (bicyclic) bond motifs is 1. The standard InChI is InChI=1S/C20H23ClN2O2/c1-13(2)20-22-17-6-4-5-7-18(17)23(20)11-15(24)12-25-19-10-14(3)8-9-16(19)21/h4-10,13,15,24H,11-12H2,1-3H3. The van der Waals surface area contributed by atoms with E-state index in [-0.39, 0.29) is 12.5 Å². The maximum absolute atomic E-state index is 10.5. The summed E-state index contributed by atoms with van der Waals surface area (Å²) in [6.45, 7) is 6.79. The van der Waals surface area contributed by atoms with Crippen LogP contribution in [0.2, 0.25) is 5.02 Å². The summed E-state index contributed by atoms with van der Waals surface area (Å²) in [6.07, 6.45) is -0.660. The van der Waals surface area contributed by atoms with E-state index in [1.165, 1.54) is 0 Å². The van der Waals surface area contributed by atoms with Crippen LogP contribution in [0.4, 0.5) is 0 Å². The van der Waals surface area contributed by atoms with E-state index >= 15 is 0 Å². The van der Waals surface area contributed by atoms with Gasteiger partial charge in [0.1, 0.15) is 24.3 Å². The Kier molecular flexibility index (Phi) is 5.30. The Morgan fingerprint density at radius 2 is 1.96 bits per heavy atom. The molecule has 1 N–H and O–H groups in total. The van der Waals surface area contributed by atoms with Crippen LogP contribution in [0.15, 0.2) is 42.5 Å². The van der Waals surface area contributed by atoms with E-state index < -0.39 is 6.10 Å². The van der Waals surface area contributed by atoms with Crippen molar-refractivity contribution in [2.24, 2.45) is 0 Å². The van der Waals surface area contributed by atoms with Crippen LogP contribution in [0.3, 0.4) is 0 Å². The van der Waals surface area contributed by atoms with Gasteiger partial charge in [0.05, 0.1) is 22.6 Å². The number of aliphatic hydroxyl groups is 1. The molecule has 1 aromatic heterocycles. The van der Waals surface area contributed by atoms with Crippen molar-refractivity contribution in [3.05, 3.63) is 58.9 Å². The van der Waals surface area contributed by atoms with Crippen molar-refractivity contribution in [3.63, 3.8) is 0 Å². The summed E-state index contributed by atoms with van der Waals surface area (Å²) >= 11 is 6.15. The van der Waals surface area contributed by atoms with Gasteiger partial charge in [0.15, 0.2) is 0 Å². The minimum atomic E-state index is -0.660. The van der Waals surface area contributed by atoms with Gasteiger partial charge in [0.2, 0.25) is 0 Å². The number of para-hydroxylation sites is 2. The second-order valence-electron chi connectivity index (χ2n) is 6.62. The molecule has 4 nitrogen and oxygen atoms in total. The minimum Gasteiger partial charge on any atom is -0.489 e. The topological polar surface area (TPSA) is 47.3 Å². The maximum Gasteiger partial charge on any atom is 0.138 e. The van der Waals surface area contributed by atoms with Crippen LogP contribution in [-0.4, -0.2) is 27.4 Å². The number of imidazole rings is 1. The van der Waals surface area contributed by atoms with Crippen LogP contribution in [-0.2, 0) is 6.54 Å². The molecule has 0 aliphatic rings. The lowest BCUT2D eigenvalue weighted by molar-refractivity contribution is 0.0925. The molecule has 0 radical (unpaired) electrons. The van der Waals surface area contributed by atoms with E-state index in [9.17, 15) is 5.11 Å². The highest BCUT2D eigenvalue weighted by molar-refractivity contribution is 6.32. The summed E-state index contributed by atoms with van der Waals surface area (Å²) in [7, 11) is 0. The maximum atomic E-state index is 10.5. The lowest BCUT2D eigenvalue weighted by Gasteiger charge is -2.17. The van der Waals surface area contributed by atoms with Crippen LogP contribution >= 0.6 is 11.6 Å². The van der Waals surface area contributed by atoms with Gasteiger partial charge in [0.25, 0.3) is 0 Å². The first kappa shape index (κ1) is 17.8. The van der Waals surface area contributed by atoms with Gasteiger partial charge in [-0.15, -0.1) is 0 Å². The predicted octanol–water partition coefficient (Wildman–Crippen LogP) is 4.56. The van der Waals surface area contributed by atoms with E-state index in [0.29, 0.717) is 17.3 Å². The number of hydrogen-bond acceptors (Lipinski definition) is 3. The zero-order valence-electron chi connectivity index (χ0n) is 14.7. The van der Waals surface area contributed by atoms with Gasteiger partial charge < -0.3 is 14.4 Å². The molecule has 3 rings (SSSR count). The van der Waals surface area contributed by atoms with Crippen LogP contribution in [0.1, 0.15) is 31.2 Å². The van der Waals surface area contributed by atoms with Crippen LogP contribution in [0, 0.1) is 6.92 Å². The molecule has 0 amide bonds. The monoisotopic (exact) mass is 358 g/mol. The fourth-order valence-corrected chi connectivity index (χ4v) is 3.07. The molecule has 0 fully saturated rings. The fraction of sp³-hybridized carbons (Fsp3) is 0.350. The summed E-state index contributed by atoms with van der Waals surface area (Å²) < 4.78 is 7.80. The van der Waals surface area contributed by atoms with Crippen LogP contribution in [0.25, 0.3) is 11.0 Å². The minimum absolute atomic E-state index is 0.174. The van der Waals surface area contributed by atoms with E-state index in [4.69, 9.17) is 21.3 Å². The van der Waals surface area contributed by atoms with Crippen molar-refractivity contribution >= 4 is 22.6 Å². The molecule has 25 heavy (non-hydrogen) atoms. The average molecular weight is 359 g/mol. The van der Waals surface area contributed by atoms with Gasteiger partial charge in [-0.3, -0.25) is 0 Å². The third-order valence-electron chi connectivity index (χ3n) is 4.11. The summed E-state index contributed by atoms with van der Waals surface area (Å²) in [5.41, 5.74) is 3.04. The highest BCUT2D eigenvalue weighted by Crippen LogP contribution is 2.26. The van der Waals surface area contributed by atoms with Gasteiger partial charge in [-0.1, -0.05) is 43.6 Å². The lowest BCUT2D eigenvalue weighted by Crippen LogP contribution is -2.25. The predicted molar refractivity (Wildman–Crippen MR) is 102 cm³/mol.